The van der Waals surface area contributed by atoms with Gasteiger partial charge in [-0.05, 0) is 50.1 Å². The van der Waals surface area contributed by atoms with Crippen molar-refractivity contribution in [3.63, 3.8) is 0 Å². The van der Waals surface area contributed by atoms with E-state index in [9.17, 15) is 4.79 Å². The molecule has 3 nitrogen and oxygen atoms in total. The van der Waals surface area contributed by atoms with Gasteiger partial charge in [-0.3, -0.25) is 4.79 Å². The van der Waals surface area contributed by atoms with E-state index in [1.165, 1.54) is 19.3 Å². The molecule has 0 radical (unpaired) electrons. The second-order valence-corrected chi connectivity index (χ2v) is 6.47. The molecule has 2 aliphatic rings. The van der Waals surface area contributed by atoms with Gasteiger partial charge in [0.2, 0.25) is 5.91 Å². The summed E-state index contributed by atoms with van der Waals surface area (Å²) in [5.74, 6) is 2.74. The molecule has 1 amide bonds. The Morgan fingerprint density at radius 3 is 2.39 bits per heavy atom. The van der Waals surface area contributed by atoms with Crippen LogP contribution >= 0.6 is 0 Å². The van der Waals surface area contributed by atoms with Crippen molar-refractivity contribution in [2.24, 2.45) is 23.7 Å². The van der Waals surface area contributed by atoms with E-state index in [0.29, 0.717) is 11.8 Å². The summed E-state index contributed by atoms with van der Waals surface area (Å²) < 4.78 is 0. The minimum absolute atomic E-state index is 0.210. The number of amides is 1. The Kier molecular flexibility index (Phi) is 4.66. The molecule has 2 unspecified atom stereocenters. The predicted molar refractivity (Wildman–Crippen MR) is 74.3 cm³/mol. The molecule has 18 heavy (non-hydrogen) atoms. The molecular weight excluding hydrogens is 224 g/mol. The fourth-order valence-corrected chi connectivity index (χ4v) is 3.16. The molecule has 0 aromatic carbocycles. The Morgan fingerprint density at radius 2 is 1.83 bits per heavy atom. The lowest BCUT2D eigenvalue weighted by molar-refractivity contribution is -0.137. The van der Waals surface area contributed by atoms with Crippen molar-refractivity contribution in [2.45, 2.75) is 40.0 Å². The van der Waals surface area contributed by atoms with Crippen LogP contribution in [0, 0.1) is 23.7 Å². The van der Waals surface area contributed by atoms with Crippen molar-refractivity contribution in [2.75, 3.05) is 26.2 Å². The zero-order chi connectivity index (χ0) is 13.1. The second kappa shape index (κ2) is 6.05. The molecule has 0 spiro atoms. The van der Waals surface area contributed by atoms with Crippen LogP contribution in [-0.4, -0.2) is 37.0 Å². The lowest BCUT2D eigenvalue weighted by Crippen LogP contribution is -2.50. The van der Waals surface area contributed by atoms with Gasteiger partial charge in [-0.15, -0.1) is 0 Å². The van der Waals surface area contributed by atoms with Gasteiger partial charge in [0.05, 0.1) is 0 Å². The monoisotopic (exact) mass is 252 g/mol. The van der Waals surface area contributed by atoms with Gasteiger partial charge in [0.1, 0.15) is 0 Å². The molecule has 1 N–H and O–H groups in total. The maximum absolute atomic E-state index is 12.5. The van der Waals surface area contributed by atoms with Crippen LogP contribution in [0.2, 0.25) is 0 Å². The van der Waals surface area contributed by atoms with Crippen LogP contribution in [0.4, 0.5) is 0 Å². The Bertz CT molecular complexity index is 286. The van der Waals surface area contributed by atoms with Gasteiger partial charge in [0.15, 0.2) is 0 Å². The fraction of sp³-hybridized carbons (Fsp3) is 0.933. The third-order valence-electron chi connectivity index (χ3n) is 4.94. The Labute approximate surface area is 111 Å². The summed E-state index contributed by atoms with van der Waals surface area (Å²) in [6.45, 7) is 10.7. The third-order valence-corrected chi connectivity index (χ3v) is 4.94. The van der Waals surface area contributed by atoms with Crippen LogP contribution in [0.5, 0.6) is 0 Å². The lowest BCUT2D eigenvalue weighted by Gasteiger charge is -2.34. The zero-order valence-corrected chi connectivity index (χ0v) is 12.1. The van der Waals surface area contributed by atoms with Gasteiger partial charge in [-0.1, -0.05) is 20.8 Å². The lowest BCUT2D eigenvalue weighted by atomic mass is 9.87. The summed E-state index contributed by atoms with van der Waals surface area (Å²) in [5, 5.41) is 3.26. The average Bonchev–Trinajstić information content (AvgIpc) is 2.50. The summed E-state index contributed by atoms with van der Waals surface area (Å²) in [6, 6.07) is 0. The van der Waals surface area contributed by atoms with Crippen molar-refractivity contribution in [3.05, 3.63) is 0 Å². The molecule has 0 saturated carbocycles. The smallest absolute Gasteiger partial charge is 0.225 e. The molecule has 2 atom stereocenters. The highest BCUT2D eigenvalue weighted by Gasteiger charge is 2.32. The summed E-state index contributed by atoms with van der Waals surface area (Å²) in [6.07, 6.45) is 3.67. The van der Waals surface area contributed by atoms with Gasteiger partial charge >= 0.3 is 0 Å². The Balaban J connectivity index is 1.86. The first-order valence-corrected chi connectivity index (χ1v) is 7.59. The molecule has 0 aromatic rings. The van der Waals surface area contributed by atoms with Gasteiger partial charge in [0, 0.05) is 19.0 Å². The molecular formula is C15H28N2O. The predicted octanol–water partition coefficient (Wildman–Crippen LogP) is 2.13. The molecule has 0 aromatic heterocycles. The highest BCUT2D eigenvalue weighted by molar-refractivity contribution is 5.79. The van der Waals surface area contributed by atoms with Crippen molar-refractivity contribution >= 4 is 5.91 Å². The number of carbonyl (C=O) groups excluding carboxylic acids is 1. The Hall–Kier alpha value is -0.570. The molecule has 2 saturated heterocycles. The van der Waals surface area contributed by atoms with E-state index in [1.807, 2.05) is 0 Å². The number of rotatable bonds is 3. The SMILES string of the molecule is CC(C)C1CCCN(C(=O)C(C)C2CNC2)CC1. The minimum Gasteiger partial charge on any atom is -0.342 e. The molecule has 2 heterocycles. The van der Waals surface area contributed by atoms with Crippen molar-refractivity contribution in [3.8, 4) is 0 Å². The van der Waals surface area contributed by atoms with Gasteiger partial charge < -0.3 is 10.2 Å². The fourth-order valence-electron chi connectivity index (χ4n) is 3.16. The quantitative estimate of drug-likeness (QED) is 0.834. The molecule has 0 aliphatic carbocycles. The van der Waals surface area contributed by atoms with Gasteiger partial charge in [0.25, 0.3) is 0 Å². The topological polar surface area (TPSA) is 32.3 Å². The van der Waals surface area contributed by atoms with E-state index in [2.05, 4.69) is 31.0 Å². The normalized spacial score (nSPS) is 27.8. The molecule has 0 bridgehead atoms. The van der Waals surface area contributed by atoms with Crippen LogP contribution < -0.4 is 5.32 Å². The maximum Gasteiger partial charge on any atom is 0.225 e. The summed E-state index contributed by atoms with van der Waals surface area (Å²) in [4.78, 5) is 14.6. The Morgan fingerprint density at radius 1 is 1.11 bits per heavy atom. The molecule has 2 fully saturated rings. The highest BCUT2D eigenvalue weighted by atomic mass is 16.2. The third kappa shape index (κ3) is 3.05. The van der Waals surface area contributed by atoms with E-state index >= 15 is 0 Å². The summed E-state index contributed by atoms with van der Waals surface area (Å²) in [5.41, 5.74) is 0. The highest BCUT2D eigenvalue weighted by Crippen LogP contribution is 2.26. The second-order valence-electron chi connectivity index (χ2n) is 6.47. The first kappa shape index (κ1) is 13.9. The van der Waals surface area contributed by atoms with E-state index in [-0.39, 0.29) is 5.92 Å². The van der Waals surface area contributed by atoms with E-state index < -0.39 is 0 Å². The van der Waals surface area contributed by atoms with Crippen LogP contribution in [0.1, 0.15) is 40.0 Å². The molecule has 2 aliphatic heterocycles. The maximum atomic E-state index is 12.5. The van der Waals surface area contributed by atoms with Crippen molar-refractivity contribution < 1.29 is 4.79 Å². The molecule has 3 heteroatoms. The van der Waals surface area contributed by atoms with Crippen molar-refractivity contribution in [1.82, 2.24) is 10.2 Å². The van der Waals surface area contributed by atoms with Crippen LogP contribution in [-0.2, 0) is 4.79 Å². The van der Waals surface area contributed by atoms with Gasteiger partial charge in [-0.2, -0.15) is 0 Å². The summed E-state index contributed by atoms with van der Waals surface area (Å²) >= 11 is 0. The van der Waals surface area contributed by atoms with Crippen LogP contribution in [0.15, 0.2) is 0 Å². The first-order valence-electron chi connectivity index (χ1n) is 7.59. The largest absolute Gasteiger partial charge is 0.342 e. The standard InChI is InChI=1S/C15H28N2O/c1-11(2)13-5-4-7-17(8-6-13)15(18)12(3)14-9-16-10-14/h11-14,16H,4-10H2,1-3H3. The minimum atomic E-state index is 0.210. The number of hydrogen-bond donors (Lipinski definition) is 1. The number of nitrogens with one attached hydrogen (secondary N) is 1. The number of nitrogens with zero attached hydrogens (tertiary/aromatic N) is 1. The molecule has 2 rings (SSSR count). The number of likely N-dealkylation sites (tertiary alicyclic amines) is 1. The van der Waals surface area contributed by atoms with Crippen molar-refractivity contribution in [1.29, 1.82) is 0 Å². The van der Waals surface area contributed by atoms with Gasteiger partial charge in [-0.25, -0.2) is 0 Å². The zero-order valence-electron chi connectivity index (χ0n) is 12.1. The van der Waals surface area contributed by atoms with Crippen LogP contribution in [0.3, 0.4) is 0 Å². The molecule has 104 valence electrons. The first-order chi connectivity index (χ1) is 8.59. The summed E-state index contributed by atoms with van der Waals surface area (Å²) in [7, 11) is 0. The van der Waals surface area contributed by atoms with E-state index in [4.69, 9.17) is 0 Å². The van der Waals surface area contributed by atoms with E-state index in [0.717, 1.165) is 38.0 Å². The number of hydrogen-bond acceptors (Lipinski definition) is 2. The number of carbonyl (C=O) groups is 1. The van der Waals surface area contributed by atoms with Crippen LogP contribution in [0.25, 0.3) is 0 Å². The van der Waals surface area contributed by atoms with E-state index in [1.54, 1.807) is 0 Å². The average molecular weight is 252 g/mol.